The van der Waals surface area contributed by atoms with E-state index < -0.39 is 0 Å². The van der Waals surface area contributed by atoms with Crippen molar-refractivity contribution in [3.05, 3.63) is 47.1 Å². The number of nitrogens with two attached hydrogens (primary N) is 1. The molecule has 21 heavy (non-hydrogen) atoms. The first kappa shape index (κ1) is 13.8. The standard InChI is InChI=1S/C15H15N3O2S/c1-19-11-4-2-3-10(7-11)8-20-9-13-17-14(16)12-5-6-21-15(12)18-13/h2-7H,8-9H2,1H3,(H2,16,17,18). The van der Waals surface area contributed by atoms with Crippen LogP contribution >= 0.6 is 11.3 Å². The van der Waals surface area contributed by atoms with Crippen LogP contribution < -0.4 is 10.5 Å². The first-order valence-electron chi connectivity index (χ1n) is 6.46. The molecule has 2 N–H and O–H groups in total. The Morgan fingerprint density at radius 1 is 1.19 bits per heavy atom. The Kier molecular flexibility index (Phi) is 3.98. The van der Waals surface area contributed by atoms with Gasteiger partial charge in [-0.05, 0) is 29.1 Å². The van der Waals surface area contributed by atoms with E-state index in [4.69, 9.17) is 15.2 Å². The van der Waals surface area contributed by atoms with Crippen molar-refractivity contribution >= 4 is 27.4 Å². The zero-order chi connectivity index (χ0) is 14.7. The molecule has 0 atom stereocenters. The molecule has 0 fully saturated rings. The van der Waals surface area contributed by atoms with E-state index in [0.717, 1.165) is 21.5 Å². The second-order valence-electron chi connectivity index (χ2n) is 4.51. The summed E-state index contributed by atoms with van der Waals surface area (Å²) in [5, 5.41) is 2.85. The fraction of sp³-hybridized carbons (Fsp3) is 0.200. The monoisotopic (exact) mass is 301 g/mol. The molecule has 0 saturated heterocycles. The summed E-state index contributed by atoms with van der Waals surface area (Å²) in [4.78, 5) is 9.59. The Labute approximate surface area is 126 Å². The number of hydrogen-bond acceptors (Lipinski definition) is 6. The molecule has 0 bridgehead atoms. The highest BCUT2D eigenvalue weighted by Crippen LogP contribution is 2.23. The Morgan fingerprint density at radius 3 is 2.95 bits per heavy atom. The van der Waals surface area contributed by atoms with E-state index in [9.17, 15) is 0 Å². The van der Waals surface area contributed by atoms with Gasteiger partial charge in [-0.1, -0.05) is 12.1 Å². The van der Waals surface area contributed by atoms with Gasteiger partial charge in [0, 0.05) is 0 Å². The van der Waals surface area contributed by atoms with E-state index in [-0.39, 0.29) is 0 Å². The number of thiophene rings is 1. The topological polar surface area (TPSA) is 70.3 Å². The van der Waals surface area contributed by atoms with Crippen LogP contribution in [0, 0.1) is 0 Å². The maximum absolute atomic E-state index is 5.91. The molecule has 0 unspecified atom stereocenters. The number of aromatic nitrogens is 2. The Balaban J connectivity index is 1.66. The maximum atomic E-state index is 5.91. The largest absolute Gasteiger partial charge is 0.497 e. The quantitative estimate of drug-likeness (QED) is 0.784. The van der Waals surface area contributed by atoms with Gasteiger partial charge in [0.1, 0.15) is 23.0 Å². The highest BCUT2D eigenvalue weighted by Gasteiger charge is 2.06. The molecule has 108 valence electrons. The van der Waals surface area contributed by atoms with Gasteiger partial charge in [-0.15, -0.1) is 11.3 Å². The van der Waals surface area contributed by atoms with Crippen molar-refractivity contribution in [3.63, 3.8) is 0 Å². The van der Waals surface area contributed by atoms with E-state index >= 15 is 0 Å². The van der Waals surface area contributed by atoms with E-state index in [2.05, 4.69) is 9.97 Å². The van der Waals surface area contributed by atoms with Gasteiger partial charge >= 0.3 is 0 Å². The lowest BCUT2D eigenvalue weighted by molar-refractivity contribution is 0.102. The third-order valence-corrected chi connectivity index (χ3v) is 3.84. The molecular formula is C15H15N3O2S. The van der Waals surface area contributed by atoms with Crippen molar-refractivity contribution in [1.82, 2.24) is 9.97 Å². The smallest absolute Gasteiger partial charge is 0.158 e. The summed E-state index contributed by atoms with van der Waals surface area (Å²) >= 11 is 1.55. The molecule has 5 nitrogen and oxygen atoms in total. The number of anilines is 1. The summed E-state index contributed by atoms with van der Waals surface area (Å²) in [7, 11) is 1.65. The van der Waals surface area contributed by atoms with E-state index in [0.29, 0.717) is 24.9 Å². The van der Waals surface area contributed by atoms with Gasteiger partial charge in [-0.3, -0.25) is 0 Å². The van der Waals surface area contributed by atoms with Crippen LogP contribution in [0.3, 0.4) is 0 Å². The van der Waals surface area contributed by atoms with Crippen molar-refractivity contribution in [2.75, 3.05) is 12.8 Å². The van der Waals surface area contributed by atoms with Gasteiger partial charge < -0.3 is 15.2 Å². The van der Waals surface area contributed by atoms with Gasteiger partial charge in [-0.2, -0.15) is 0 Å². The van der Waals surface area contributed by atoms with Crippen LogP contribution in [-0.2, 0) is 18.0 Å². The number of nitrogens with zero attached hydrogens (tertiary/aromatic N) is 2. The Hall–Kier alpha value is -2.18. The first-order chi connectivity index (χ1) is 10.3. The Bertz CT molecular complexity index is 758. The van der Waals surface area contributed by atoms with E-state index in [1.165, 1.54) is 0 Å². The number of ether oxygens (including phenoxy) is 2. The lowest BCUT2D eigenvalue weighted by atomic mass is 10.2. The fourth-order valence-corrected chi connectivity index (χ4v) is 2.80. The number of methoxy groups -OCH3 is 1. The first-order valence-corrected chi connectivity index (χ1v) is 7.34. The molecule has 2 heterocycles. The van der Waals surface area contributed by atoms with Gasteiger partial charge in [-0.25, -0.2) is 9.97 Å². The van der Waals surface area contributed by atoms with Crippen molar-refractivity contribution in [1.29, 1.82) is 0 Å². The van der Waals surface area contributed by atoms with Gasteiger partial charge in [0.25, 0.3) is 0 Å². The summed E-state index contributed by atoms with van der Waals surface area (Å²) in [6.07, 6.45) is 0. The lowest BCUT2D eigenvalue weighted by Gasteiger charge is -2.06. The second-order valence-corrected chi connectivity index (χ2v) is 5.40. The highest BCUT2D eigenvalue weighted by molar-refractivity contribution is 7.16. The molecule has 0 aliphatic heterocycles. The summed E-state index contributed by atoms with van der Waals surface area (Å²) in [6.45, 7) is 0.804. The average Bonchev–Trinajstić information content (AvgIpc) is 2.96. The molecule has 3 rings (SSSR count). The molecule has 0 aliphatic rings. The van der Waals surface area contributed by atoms with E-state index in [1.807, 2.05) is 35.7 Å². The van der Waals surface area contributed by atoms with Gasteiger partial charge in [0.15, 0.2) is 5.82 Å². The zero-order valence-electron chi connectivity index (χ0n) is 11.6. The number of nitrogen functional groups attached to an aromatic ring is 1. The summed E-state index contributed by atoms with van der Waals surface area (Å²) in [6, 6.07) is 9.69. The number of fused-ring (bicyclic) bond motifs is 1. The third-order valence-electron chi connectivity index (χ3n) is 3.03. The molecule has 0 amide bonds. The molecule has 0 radical (unpaired) electrons. The van der Waals surface area contributed by atoms with Crippen LogP contribution in [0.25, 0.3) is 10.2 Å². The van der Waals surface area contributed by atoms with Crippen molar-refractivity contribution in [2.45, 2.75) is 13.2 Å². The fourth-order valence-electron chi connectivity index (χ4n) is 2.01. The van der Waals surface area contributed by atoms with Crippen LogP contribution in [-0.4, -0.2) is 17.1 Å². The summed E-state index contributed by atoms with van der Waals surface area (Å²) in [5.74, 6) is 1.92. The zero-order valence-corrected chi connectivity index (χ0v) is 12.4. The molecule has 2 aromatic heterocycles. The molecule has 3 aromatic rings. The van der Waals surface area contributed by atoms with Gasteiger partial charge in [0.05, 0.1) is 19.1 Å². The SMILES string of the molecule is COc1cccc(COCc2nc(N)c3ccsc3n2)c1. The van der Waals surface area contributed by atoms with Crippen molar-refractivity contribution < 1.29 is 9.47 Å². The highest BCUT2D eigenvalue weighted by atomic mass is 32.1. The van der Waals surface area contributed by atoms with Crippen LogP contribution in [0.4, 0.5) is 5.82 Å². The minimum Gasteiger partial charge on any atom is -0.497 e. The molecule has 6 heteroatoms. The molecule has 0 spiro atoms. The van der Waals surface area contributed by atoms with Crippen LogP contribution in [0.1, 0.15) is 11.4 Å². The molecular weight excluding hydrogens is 286 g/mol. The van der Waals surface area contributed by atoms with Crippen LogP contribution in [0.2, 0.25) is 0 Å². The molecule has 0 saturated carbocycles. The lowest BCUT2D eigenvalue weighted by Crippen LogP contribution is -2.02. The van der Waals surface area contributed by atoms with E-state index in [1.54, 1.807) is 18.4 Å². The minimum absolute atomic E-state index is 0.329. The van der Waals surface area contributed by atoms with Crippen LogP contribution in [0.15, 0.2) is 35.7 Å². The maximum Gasteiger partial charge on any atom is 0.158 e. The molecule has 1 aromatic carbocycles. The van der Waals surface area contributed by atoms with Gasteiger partial charge in [0.2, 0.25) is 0 Å². The predicted molar refractivity (Wildman–Crippen MR) is 83.3 cm³/mol. The summed E-state index contributed by atoms with van der Waals surface area (Å²) < 4.78 is 10.8. The third kappa shape index (κ3) is 3.12. The van der Waals surface area contributed by atoms with Crippen molar-refractivity contribution in [3.8, 4) is 5.75 Å². The molecule has 0 aliphatic carbocycles. The second kappa shape index (κ2) is 6.07. The number of rotatable bonds is 5. The normalized spacial score (nSPS) is 10.9. The minimum atomic E-state index is 0.329. The van der Waals surface area contributed by atoms with Crippen LogP contribution in [0.5, 0.6) is 5.75 Å². The number of benzene rings is 1. The number of hydrogen-bond donors (Lipinski definition) is 1. The predicted octanol–water partition coefficient (Wildman–Crippen LogP) is 3.00. The van der Waals surface area contributed by atoms with Crippen molar-refractivity contribution in [2.24, 2.45) is 0 Å². The summed E-state index contributed by atoms with van der Waals surface area (Å²) in [5.41, 5.74) is 6.95. The Morgan fingerprint density at radius 2 is 2.10 bits per heavy atom. The average molecular weight is 301 g/mol.